The molecule has 0 aliphatic carbocycles. The molecule has 10 nitrogen and oxygen atoms in total. The summed E-state index contributed by atoms with van der Waals surface area (Å²) >= 11 is 0. The topological polar surface area (TPSA) is 180 Å². The quantitative estimate of drug-likeness (QED) is 0.254. The van der Waals surface area contributed by atoms with Crippen LogP contribution in [0.4, 0.5) is 0 Å². The lowest BCUT2D eigenvalue weighted by molar-refractivity contribution is -0.233. The molecule has 0 spiro atoms. The molecular formula is C18H26O10. The van der Waals surface area contributed by atoms with Gasteiger partial charge in [-0.3, -0.25) is 0 Å². The van der Waals surface area contributed by atoms with Gasteiger partial charge in [0.05, 0.1) is 13.2 Å². The zero-order valence-corrected chi connectivity index (χ0v) is 14.9. The Morgan fingerprint density at radius 3 is 1.36 bits per heavy atom. The summed E-state index contributed by atoms with van der Waals surface area (Å²) in [5, 5.41) is 79.0. The van der Waals surface area contributed by atoms with Crippen LogP contribution in [-0.4, -0.2) is 103 Å². The third-order valence-corrected chi connectivity index (χ3v) is 5.35. The van der Waals surface area contributed by atoms with E-state index in [1.165, 1.54) is 6.07 Å². The van der Waals surface area contributed by atoms with Crippen molar-refractivity contribution in [3.05, 3.63) is 35.4 Å². The number of benzene rings is 1. The molecule has 2 aliphatic heterocycles. The first-order valence-electron chi connectivity index (χ1n) is 9.01. The predicted molar refractivity (Wildman–Crippen MR) is 91.9 cm³/mol. The van der Waals surface area contributed by atoms with Crippen molar-refractivity contribution in [2.75, 3.05) is 13.2 Å². The first kappa shape index (κ1) is 21.5. The molecule has 0 radical (unpaired) electrons. The van der Waals surface area contributed by atoms with E-state index in [4.69, 9.17) is 9.47 Å². The van der Waals surface area contributed by atoms with E-state index in [9.17, 15) is 40.9 Å². The Bertz CT molecular complexity index is 602. The fourth-order valence-electron chi connectivity index (χ4n) is 3.67. The summed E-state index contributed by atoms with van der Waals surface area (Å²) in [5.41, 5.74) is 0.762. The van der Waals surface area contributed by atoms with Crippen molar-refractivity contribution in [2.45, 2.75) is 61.0 Å². The Balaban J connectivity index is 1.88. The SMILES string of the molecule is OC[C@H]1O[C@H](c2cccc([C@H]3O[C@H](CO)[C@@H](O)[C@H](O)[C@@H]3O)c2)[C@H](O)[C@@H](O)[C@@H]1O. The van der Waals surface area contributed by atoms with Crippen LogP contribution >= 0.6 is 0 Å². The van der Waals surface area contributed by atoms with E-state index in [1.807, 2.05) is 0 Å². The van der Waals surface area contributed by atoms with Crippen LogP contribution in [0.25, 0.3) is 0 Å². The Morgan fingerprint density at radius 1 is 0.607 bits per heavy atom. The van der Waals surface area contributed by atoms with Crippen molar-refractivity contribution in [1.82, 2.24) is 0 Å². The molecule has 0 saturated carbocycles. The molecule has 1 aromatic rings. The third kappa shape index (κ3) is 3.81. The molecule has 2 saturated heterocycles. The average Bonchev–Trinajstić information content (AvgIpc) is 2.71. The maximum Gasteiger partial charge on any atom is 0.113 e. The van der Waals surface area contributed by atoms with Gasteiger partial charge in [-0.25, -0.2) is 0 Å². The van der Waals surface area contributed by atoms with Gasteiger partial charge < -0.3 is 50.3 Å². The van der Waals surface area contributed by atoms with Crippen molar-refractivity contribution in [2.24, 2.45) is 0 Å². The van der Waals surface area contributed by atoms with Crippen LogP contribution in [0.3, 0.4) is 0 Å². The Kier molecular flexibility index (Phi) is 6.67. The van der Waals surface area contributed by atoms with Crippen molar-refractivity contribution in [3.63, 3.8) is 0 Å². The van der Waals surface area contributed by atoms with Gasteiger partial charge >= 0.3 is 0 Å². The summed E-state index contributed by atoms with van der Waals surface area (Å²) in [5.74, 6) is 0. The number of aliphatic hydroxyl groups excluding tert-OH is 8. The van der Waals surface area contributed by atoms with E-state index >= 15 is 0 Å². The summed E-state index contributed by atoms with van der Waals surface area (Å²) in [6, 6.07) is 6.26. The number of ether oxygens (including phenoxy) is 2. The molecule has 158 valence electrons. The number of hydrogen-bond donors (Lipinski definition) is 8. The lowest BCUT2D eigenvalue weighted by Crippen LogP contribution is -2.55. The van der Waals surface area contributed by atoms with Crippen LogP contribution in [-0.2, 0) is 9.47 Å². The lowest BCUT2D eigenvalue weighted by Gasteiger charge is -2.41. The molecule has 3 rings (SSSR count). The second kappa shape index (κ2) is 8.67. The Labute approximate surface area is 160 Å². The van der Waals surface area contributed by atoms with E-state index in [2.05, 4.69) is 0 Å². The van der Waals surface area contributed by atoms with E-state index in [0.717, 1.165) is 0 Å². The predicted octanol–water partition coefficient (Wildman–Crippen LogP) is -3.28. The maximum absolute atomic E-state index is 10.3. The molecule has 2 aliphatic rings. The average molecular weight is 402 g/mol. The van der Waals surface area contributed by atoms with Crippen LogP contribution in [0, 0.1) is 0 Å². The molecule has 2 fully saturated rings. The minimum atomic E-state index is -1.54. The van der Waals surface area contributed by atoms with Gasteiger partial charge in [-0.05, 0) is 11.1 Å². The Morgan fingerprint density at radius 2 is 1.00 bits per heavy atom. The highest BCUT2D eigenvalue weighted by atomic mass is 16.6. The van der Waals surface area contributed by atoms with Gasteiger partial charge in [0.2, 0.25) is 0 Å². The third-order valence-electron chi connectivity index (χ3n) is 5.35. The van der Waals surface area contributed by atoms with Crippen molar-refractivity contribution < 1.29 is 50.3 Å². The first-order chi connectivity index (χ1) is 13.3. The molecule has 10 atom stereocenters. The van der Waals surface area contributed by atoms with E-state index < -0.39 is 74.3 Å². The normalized spacial score (nSPS) is 44.4. The van der Waals surface area contributed by atoms with E-state index in [-0.39, 0.29) is 0 Å². The molecule has 0 bridgehead atoms. The molecule has 28 heavy (non-hydrogen) atoms. The van der Waals surface area contributed by atoms with Crippen LogP contribution < -0.4 is 0 Å². The molecule has 0 amide bonds. The molecule has 1 aromatic carbocycles. The van der Waals surface area contributed by atoms with Crippen molar-refractivity contribution in [1.29, 1.82) is 0 Å². The monoisotopic (exact) mass is 402 g/mol. The summed E-state index contributed by atoms with van der Waals surface area (Å²) < 4.78 is 11.0. The molecule has 0 unspecified atom stereocenters. The van der Waals surface area contributed by atoms with Gasteiger partial charge in [0.15, 0.2) is 0 Å². The minimum absolute atomic E-state index is 0.381. The zero-order valence-electron chi connectivity index (χ0n) is 14.9. The van der Waals surface area contributed by atoms with Gasteiger partial charge in [0, 0.05) is 0 Å². The molecule has 8 N–H and O–H groups in total. The smallest absolute Gasteiger partial charge is 0.113 e. The standard InChI is InChI=1S/C18H26O10/c19-5-9-11(21)13(23)15(25)17(27-9)7-2-1-3-8(4-7)18-16(26)14(24)12(22)10(6-20)28-18/h1-4,9-26H,5-6H2/t9-,10-,11-,12-,13+,14+,15-,16+,17-,18-/m1/s1. The maximum atomic E-state index is 10.3. The van der Waals surface area contributed by atoms with Crippen LogP contribution in [0.15, 0.2) is 24.3 Å². The van der Waals surface area contributed by atoms with Crippen LogP contribution in [0.2, 0.25) is 0 Å². The fraction of sp³-hybridized carbons (Fsp3) is 0.667. The highest BCUT2D eigenvalue weighted by molar-refractivity contribution is 5.30. The summed E-state index contributed by atoms with van der Waals surface area (Å²) in [6.07, 6.45) is -13.3. The molecular weight excluding hydrogens is 376 g/mol. The fourth-order valence-corrected chi connectivity index (χ4v) is 3.67. The highest BCUT2D eigenvalue weighted by Crippen LogP contribution is 2.36. The van der Waals surface area contributed by atoms with Crippen molar-refractivity contribution in [3.8, 4) is 0 Å². The first-order valence-corrected chi connectivity index (χ1v) is 9.01. The van der Waals surface area contributed by atoms with Gasteiger partial charge in [0.1, 0.15) is 61.0 Å². The zero-order chi connectivity index (χ0) is 20.6. The number of rotatable bonds is 4. The largest absolute Gasteiger partial charge is 0.394 e. The lowest BCUT2D eigenvalue weighted by atomic mass is 9.88. The number of hydrogen-bond acceptors (Lipinski definition) is 10. The second-order valence-corrected chi connectivity index (χ2v) is 7.17. The van der Waals surface area contributed by atoms with Crippen LogP contribution in [0.5, 0.6) is 0 Å². The van der Waals surface area contributed by atoms with Crippen molar-refractivity contribution >= 4 is 0 Å². The molecule has 0 aromatic heterocycles. The number of aliphatic hydroxyl groups is 8. The van der Waals surface area contributed by atoms with E-state index in [0.29, 0.717) is 11.1 Å². The Hall–Kier alpha value is -1.18. The molecule has 10 heteroatoms. The highest BCUT2D eigenvalue weighted by Gasteiger charge is 2.46. The van der Waals surface area contributed by atoms with Gasteiger partial charge in [-0.15, -0.1) is 0 Å². The molecule has 2 heterocycles. The van der Waals surface area contributed by atoms with E-state index in [1.54, 1.807) is 18.2 Å². The summed E-state index contributed by atoms with van der Waals surface area (Å²) in [4.78, 5) is 0. The van der Waals surface area contributed by atoms with Gasteiger partial charge in [-0.1, -0.05) is 24.3 Å². The van der Waals surface area contributed by atoms with Gasteiger partial charge in [0.25, 0.3) is 0 Å². The summed E-state index contributed by atoms with van der Waals surface area (Å²) in [6.45, 7) is -1.12. The van der Waals surface area contributed by atoms with Crippen LogP contribution in [0.1, 0.15) is 23.3 Å². The second-order valence-electron chi connectivity index (χ2n) is 7.17. The van der Waals surface area contributed by atoms with Gasteiger partial charge in [-0.2, -0.15) is 0 Å². The minimum Gasteiger partial charge on any atom is -0.394 e. The summed E-state index contributed by atoms with van der Waals surface area (Å²) in [7, 11) is 0.